The predicted octanol–water partition coefficient (Wildman–Crippen LogP) is 0.750. The quantitative estimate of drug-likeness (QED) is 0.378. The van der Waals surface area contributed by atoms with E-state index in [1.165, 1.54) is 0 Å². The third kappa shape index (κ3) is 8.90. The van der Waals surface area contributed by atoms with Gasteiger partial charge in [-0.1, -0.05) is 13.8 Å². The maximum Gasteiger partial charge on any atom is 0 e. The van der Waals surface area contributed by atoms with Crippen LogP contribution in [0.15, 0.2) is 0 Å². The van der Waals surface area contributed by atoms with Crippen molar-refractivity contribution in [2.45, 2.75) is 13.8 Å². The standard InChI is InChI=1S/C4H7O.Ni/c1-4(2)3-5;/h4H,1-2H3;/q-1;. The van der Waals surface area contributed by atoms with Crippen LogP contribution in [0.25, 0.3) is 0 Å². The summed E-state index contributed by atoms with van der Waals surface area (Å²) in [6, 6.07) is 0. The molecule has 0 amide bonds. The molecular formula is C4H7NiO-. The Morgan fingerprint density at radius 1 is 1.50 bits per heavy atom. The van der Waals surface area contributed by atoms with Crippen LogP contribution in [0.1, 0.15) is 13.8 Å². The fourth-order valence-electron chi connectivity index (χ4n) is 0. The van der Waals surface area contributed by atoms with Crippen molar-refractivity contribution in [3.8, 4) is 0 Å². The van der Waals surface area contributed by atoms with Crippen LogP contribution in [0, 0.1) is 5.92 Å². The number of hydrogen-bond donors (Lipinski definition) is 0. The Kier molecular flexibility index (Phi) is 8.16. The Labute approximate surface area is 48.0 Å². The van der Waals surface area contributed by atoms with Crippen molar-refractivity contribution in [1.29, 1.82) is 0 Å². The minimum absolute atomic E-state index is 0. The van der Waals surface area contributed by atoms with Gasteiger partial charge in [-0.05, 0) is 0 Å². The summed E-state index contributed by atoms with van der Waals surface area (Å²) in [5, 5.41) is 0. The summed E-state index contributed by atoms with van der Waals surface area (Å²) in [4.78, 5) is 9.38. The van der Waals surface area contributed by atoms with Crippen LogP contribution < -0.4 is 0 Å². The van der Waals surface area contributed by atoms with E-state index >= 15 is 0 Å². The molecular weight excluding hydrogens is 123 g/mol. The van der Waals surface area contributed by atoms with E-state index in [1.54, 1.807) is 20.1 Å². The zero-order valence-electron chi connectivity index (χ0n) is 3.80. The molecule has 0 radical (unpaired) electrons. The molecule has 0 aliphatic rings. The molecule has 6 heavy (non-hydrogen) atoms. The van der Waals surface area contributed by atoms with Gasteiger partial charge in [-0.15, -0.1) is 5.92 Å². The molecule has 1 nitrogen and oxygen atoms in total. The summed E-state index contributed by atoms with van der Waals surface area (Å²) in [6.45, 7) is 3.60. The van der Waals surface area contributed by atoms with Crippen LogP contribution in [-0.2, 0) is 21.3 Å². The molecule has 0 spiro atoms. The van der Waals surface area contributed by atoms with Gasteiger partial charge in [0.25, 0.3) is 0 Å². The van der Waals surface area contributed by atoms with Gasteiger partial charge in [0.1, 0.15) is 0 Å². The topological polar surface area (TPSA) is 17.1 Å². The molecule has 0 aromatic rings. The average Bonchev–Trinajstić information content (AvgIpc) is 1.38. The van der Waals surface area contributed by atoms with Gasteiger partial charge < -0.3 is 4.79 Å². The van der Waals surface area contributed by atoms with E-state index in [0.717, 1.165) is 0 Å². The van der Waals surface area contributed by atoms with Crippen molar-refractivity contribution in [3.63, 3.8) is 0 Å². The first kappa shape index (κ1) is 9.48. The fraction of sp³-hybridized carbons (Fsp3) is 0.750. The van der Waals surface area contributed by atoms with E-state index in [2.05, 4.69) is 0 Å². The molecule has 0 aliphatic heterocycles. The summed E-state index contributed by atoms with van der Waals surface area (Å²) in [5.74, 6) is 0.0787. The van der Waals surface area contributed by atoms with Crippen molar-refractivity contribution in [2.24, 2.45) is 5.92 Å². The molecule has 0 N–H and O–H groups in total. The van der Waals surface area contributed by atoms with Crippen molar-refractivity contribution < 1.29 is 21.3 Å². The predicted molar refractivity (Wildman–Crippen MR) is 20.5 cm³/mol. The minimum atomic E-state index is 0. The van der Waals surface area contributed by atoms with Gasteiger partial charge in [-0.3, -0.25) is 6.29 Å². The van der Waals surface area contributed by atoms with Crippen molar-refractivity contribution in [2.75, 3.05) is 0 Å². The van der Waals surface area contributed by atoms with Crippen LogP contribution in [0.3, 0.4) is 0 Å². The molecule has 2 heteroatoms. The van der Waals surface area contributed by atoms with Gasteiger partial charge in [-0.2, -0.15) is 0 Å². The largest absolute Gasteiger partial charge is 0.542 e. The molecule has 0 aliphatic carbocycles. The molecule has 40 valence electrons. The molecule has 0 saturated carbocycles. The first-order chi connectivity index (χ1) is 2.27. The first-order valence-electron chi connectivity index (χ1n) is 1.65. The average molecular weight is 130 g/mol. The zero-order chi connectivity index (χ0) is 4.28. The zero-order valence-corrected chi connectivity index (χ0v) is 4.79. The van der Waals surface area contributed by atoms with Crippen molar-refractivity contribution in [1.82, 2.24) is 0 Å². The summed E-state index contributed by atoms with van der Waals surface area (Å²) >= 11 is 0. The monoisotopic (exact) mass is 129 g/mol. The second kappa shape index (κ2) is 5.16. The summed E-state index contributed by atoms with van der Waals surface area (Å²) in [7, 11) is 0. The Hall–Kier alpha value is 0.164. The van der Waals surface area contributed by atoms with Gasteiger partial charge >= 0.3 is 0 Å². The summed E-state index contributed by atoms with van der Waals surface area (Å²) < 4.78 is 0. The normalized spacial score (nSPS) is 7.17. The number of carbonyl (C=O) groups excluding carboxylic acids is 1. The van der Waals surface area contributed by atoms with Gasteiger partial charge in [0.2, 0.25) is 0 Å². The van der Waals surface area contributed by atoms with Crippen LogP contribution >= 0.6 is 0 Å². The van der Waals surface area contributed by atoms with Crippen molar-refractivity contribution in [3.05, 3.63) is 0 Å². The second-order valence-corrected chi connectivity index (χ2v) is 1.27. The van der Waals surface area contributed by atoms with Gasteiger partial charge in [0, 0.05) is 16.5 Å². The molecule has 0 unspecified atom stereocenters. The summed E-state index contributed by atoms with van der Waals surface area (Å²) in [5.41, 5.74) is 0. The van der Waals surface area contributed by atoms with Crippen LogP contribution in [-0.4, -0.2) is 6.29 Å². The van der Waals surface area contributed by atoms with Gasteiger partial charge in [-0.25, -0.2) is 0 Å². The van der Waals surface area contributed by atoms with E-state index in [4.69, 9.17) is 0 Å². The fourth-order valence-corrected chi connectivity index (χ4v) is 0. The molecule has 0 aromatic heterocycles. The summed E-state index contributed by atoms with van der Waals surface area (Å²) in [6.07, 6.45) is 1.78. The van der Waals surface area contributed by atoms with Crippen molar-refractivity contribution >= 4 is 6.29 Å². The molecule has 0 heterocycles. The molecule has 0 saturated heterocycles. The molecule has 0 bridgehead atoms. The third-order valence-corrected chi connectivity index (χ3v) is 0.236. The van der Waals surface area contributed by atoms with E-state index in [1.807, 2.05) is 0 Å². The SMILES string of the molecule is CC(C)[C-]=O.[Ni]. The molecule has 0 atom stereocenters. The molecule has 0 aromatic carbocycles. The van der Waals surface area contributed by atoms with Gasteiger partial charge in [0.05, 0.1) is 0 Å². The number of rotatable bonds is 1. The third-order valence-electron chi connectivity index (χ3n) is 0.236. The Morgan fingerprint density at radius 2 is 1.67 bits per heavy atom. The Bertz CT molecular complexity index is 34.5. The smallest absolute Gasteiger partial charge is 0 e. The van der Waals surface area contributed by atoms with Gasteiger partial charge in [0.15, 0.2) is 0 Å². The Morgan fingerprint density at radius 3 is 1.67 bits per heavy atom. The van der Waals surface area contributed by atoms with E-state index in [-0.39, 0.29) is 22.4 Å². The van der Waals surface area contributed by atoms with Crippen LogP contribution in [0.2, 0.25) is 0 Å². The maximum absolute atomic E-state index is 9.38. The van der Waals surface area contributed by atoms with E-state index in [9.17, 15) is 4.79 Å². The van der Waals surface area contributed by atoms with Crippen LogP contribution in [0.5, 0.6) is 0 Å². The number of hydrogen-bond acceptors (Lipinski definition) is 1. The molecule has 0 fully saturated rings. The maximum atomic E-state index is 9.38. The first-order valence-corrected chi connectivity index (χ1v) is 1.65. The van der Waals surface area contributed by atoms with E-state index < -0.39 is 0 Å². The molecule has 0 rings (SSSR count). The second-order valence-electron chi connectivity index (χ2n) is 1.27. The Balaban J connectivity index is 0. The van der Waals surface area contributed by atoms with E-state index in [0.29, 0.717) is 0 Å². The minimum Gasteiger partial charge on any atom is -0.542 e. The van der Waals surface area contributed by atoms with Crippen LogP contribution in [0.4, 0.5) is 0 Å².